The van der Waals surface area contributed by atoms with E-state index in [9.17, 15) is 0 Å². The first kappa shape index (κ1) is 22.2. The fourth-order valence-corrected chi connectivity index (χ4v) is 3.45. The van der Waals surface area contributed by atoms with E-state index < -0.39 is 0 Å². The Morgan fingerprint density at radius 1 is 0.926 bits per heavy atom. The molecule has 0 aromatic heterocycles. The highest BCUT2D eigenvalue weighted by molar-refractivity contribution is 6.47. The van der Waals surface area contributed by atoms with E-state index in [0.717, 1.165) is 6.42 Å². The number of ether oxygens (including phenoxy) is 2. The van der Waals surface area contributed by atoms with Gasteiger partial charge in [0.15, 0.2) is 0 Å². The molecule has 0 aliphatic carbocycles. The van der Waals surface area contributed by atoms with Crippen molar-refractivity contribution in [1.29, 1.82) is 0 Å². The number of methoxy groups -OCH3 is 2. The van der Waals surface area contributed by atoms with Crippen LogP contribution in [-0.4, -0.2) is 56.4 Å². The summed E-state index contributed by atoms with van der Waals surface area (Å²) in [6.07, 6.45) is 0.801. The van der Waals surface area contributed by atoms with E-state index in [1.807, 2.05) is 0 Å². The van der Waals surface area contributed by atoms with Crippen LogP contribution >= 0.6 is 0 Å². The molecular weight excluding hydrogens is 343 g/mol. The Morgan fingerprint density at radius 2 is 1.44 bits per heavy atom. The van der Waals surface area contributed by atoms with Crippen LogP contribution in [0.2, 0.25) is 5.82 Å². The molecule has 2 heterocycles. The molecule has 7 heteroatoms. The summed E-state index contributed by atoms with van der Waals surface area (Å²) in [6.45, 7) is 16.9. The van der Waals surface area contributed by atoms with E-state index >= 15 is 0 Å². The Morgan fingerprint density at radius 3 is 1.89 bits per heavy atom. The first-order valence-electron chi connectivity index (χ1n) is 10.0. The van der Waals surface area contributed by atoms with E-state index in [0.29, 0.717) is 23.6 Å². The highest BCUT2D eigenvalue weighted by Gasteiger charge is 2.53. The molecule has 4 atom stereocenters. The Kier molecular flexibility index (Phi) is 6.68. The van der Waals surface area contributed by atoms with Crippen LogP contribution in [-0.2, 0) is 18.8 Å². The van der Waals surface area contributed by atoms with Crippen LogP contribution in [0.5, 0.6) is 0 Å². The van der Waals surface area contributed by atoms with Crippen molar-refractivity contribution in [1.82, 2.24) is 0 Å². The quantitative estimate of drug-likeness (QED) is 0.677. The smallest absolute Gasteiger partial charge is 0.461 e. The molecule has 0 amide bonds. The van der Waals surface area contributed by atoms with Gasteiger partial charge >= 0.3 is 7.12 Å². The predicted octanol–water partition coefficient (Wildman–Crippen LogP) is 3.99. The van der Waals surface area contributed by atoms with Crippen LogP contribution in [0.4, 0.5) is 0 Å². The van der Waals surface area contributed by atoms with E-state index in [1.165, 1.54) is 0 Å². The van der Waals surface area contributed by atoms with Gasteiger partial charge in [-0.15, -0.1) is 0 Å². The molecule has 27 heavy (non-hydrogen) atoms. The fourth-order valence-electron chi connectivity index (χ4n) is 3.45. The van der Waals surface area contributed by atoms with Gasteiger partial charge in [-0.3, -0.25) is 0 Å². The van der Waals surface area contributed by atoms with Crippen molar-refractivity contribution in [3.63, 3.8) is 0 Å². The molecule has 2 aliphatic heterocycles. The summed E-state index contributed by atoms with van der Waals surface area (Å²) in [5, 5.41) is 0. The van der Waals surface area contributed by atoms with E-state index in [2.05, 4.69) is 55.4 Å². The maximum atomic E-state index is 6.24. The molecule has 1 fully saturated rings. The van der Waals surface area contributed by atoms with Crippen molar-refractivity contribution < 1.29 is 18.8 Å². The van der Waals surface area contributed by atoms with Crippen molar-refractivity contribution >= 4 is 18.9 Å². The van der Waals surface area contributed by atoms with Gasteiger partial charge < -0.3 is 18.8 Å². The Bertz CT molecular complexity index is 573. The van der Waals surface area contributed by atoms with Crippen LogP contribution in [0.15, 0.2) is 9.98 Å². The molecule has 154 valence electrons. The van der Waals surface area contributed by atoms with Gasteiger partial charge in [0.25, 0.3) is 0 Å². The van der Waals surface area contributed by atoms with Gasteiger partial charge in [0.05, 0.1) is 25.4 Å². The van der Waals surface area contributed by atoms with Crippen LogP contribution in [0.3, 0.4) is 0 Å². The van der Waals surface area contributed by atoms with Gasteiger partial charge in [0.2, 0.25) is 11.8 Å². The SMILES string of the molecule is COC1=N[C@H](C(C)C)C(OC)=N[C@H]1CC(C)[C@@H](C)B1OC(C)(C)C(C)(C)O1. The van der Waals surface area contributed by atoms with Gasteiger partial charge in [-0.25, -0.2) is 9.98 Å². The second kappa shape index (κ2) is 8.12. The zero-order valence-electron chi connectivity index (χ0n) is 18.7. The first-order chi connectivity index (χ1) is 12.4. The Labute approximate surface area is 165 Å². The summed E-state index contributed by atoms with van der Waals surface area (Å²) in [7, 11) is 3.10. The summed E-state index contributed by atoms with van der Waals surface area (Å²) in [4.78, 5) is 9.58. The lowest BCUT2D eigenvalue weighted by Crippen LogP contribution is -2.41. The number of nitrogens with zero attached hydrogens (tertiary/aromatic N) is 2. The van der Waals surface area contributed by atoms with Gasteiger partial charge in [0, 0.05) is 0 Å². The van der Waals surface area contributed by atoms with E-state index in [4.69, 9.17) is 28.8 Å². The zero-order valence-corrected chi connectivity index (χ0v) is 18.7. The van der Waals surface area contributed by atoms with Crippen molar-refractivity contribution in [2.45, 2.75) is 90.9 Å². The maximum absolute atomic E-state index is 6.24. The summed E-state index contributed by atoms with van der Waals surface area (Å²) >= 11 is 0. The molecule has 2 rings (SSSR count). The lowest BCUT2D eigenvalue weighted by molar-refractivity contribution is 0.00578. The van der Waals surface area contributed by atoms with Gasteiger partial charge in [-0.2, -0.15) is 0 Å². The zero-order chi connectivity index (χ0) is 20.6. The molecular formula is C20H37BN2O4. The molecule has 0 bridgehead atoms. The van der Waals surface area contributed by atoms with Crippen molar-refractivity contribution in [3.8, 4) is 0 Å². The minimum atomic E-state index is -0.318. The summed E-state index contributed by atoms with van der Waals surface area (Å²) < 4.78 is 23.6. The van der Waals surface area contributed by atoms with Gasteiger partial charge in [0.1, 0.15) is 12.1 Å². The monoisotopic (exact) mass is 380 g/mol. The molecule has 0 radical (unpaired) electrons. The lowest BCUT2D eigenvalue weighted by atomic mass is 9.65. The topological polar surface area (TPSA) is 61.6 Å². The largest absolute Gasteiger partial charge is 0.483 e. The molecule has 0 aromatic rings. The van der Waals surface area contributed by atoms with E-state index in [1.54, 1.807) is 14.2 Å². The highest BCUT2D eigenvalue weighted by Crippen LogP contribution is 2.42. The van der Waals surface area contributed by atoms with Crippen molar-refractivity contribution in [3.05, 3.63) is 0 Å². The third kappa shape index (κ3) is 4.50. The second-order valence-electron chi connectivity index (χ2n) is 9.24. The van der Waals surface area contributed by atoms with Crippen molar-refractivity contribution in [2.75, 3.05) is 14.2 Å². The molecule has 2 aliphatic rings. The number of aliphatic imine (C=N–C) groups is 2. The third-order valence-corrected chi connectivity index (χ3v) is 6.33. The summed E-state index contributed by atoms with van der Waals surface area (Å²) in [5.41, 5.74) is -0.636. The second-order valence-corrected chi connectivity index (χ2v) is 9.24. The van der Waals surface area contributed by atoms with E-state index in [-0.39, 0.29) is 36.2 Å². The highest BCUT2D eigenvalue weighted by atomic mass is 16.7. The first-order valence-corrected chi connectivity index (χ1v) is 10.0. The summed E-state index contributed by atoms with van der Waals surface area (Å²) in [5.74, 6) is 2.19. The van der Waals surface area contributed by atoms with Gasteiger partial charge in [-0.05, 0) is 51.8 Å². The third-order valence-electron chi connectivity index (χ3n) is 6.33. The van der Waals surface area contributed by atoms with Crippen LogP contribution < -0.4 is 0 Å². The number of hydrogen-bond acceptors (Lipinski definition) is 6. The molecule has 0 saturated carbocycles. The minimum absolute atomic E-state index is 0.0861. The molecule has 1 unspecified atom stereocenters. The average Bonchev–Trinajstić information content (AvgIpc) is 2.81. The lowest BCUT2D eigenvalue weighted by Gasteiger charge is -2.32. The normalized spacial score (nSPS) is 29.2. The van der Waals surface area contributed by atoms with Crippen LogP contribution in [0, 0.1) is 11.8 Å². The Hall–Kier alpha value is -1.08. The molecule has 0 spiro atoms. The number of hydrogen-bond donors (Lipinski definition) is 0. The average molecular weight is 380 g/mol. The summed E-state index contributed by atoms with van der Waals surface area (Å²) in [6, 6.07) is -0.225. The Balaban J connectivity index is 2.11. The maximum Gasteiger partial charge on any atom is 0.461 e. The van der Waals surface area contributed by atoms with Gasteiger partial charge in [-0.1, -0.05) is 27.7 Å². The number of rotatable bonds is 5. The minimum Gasteiger partial charge on any atom is -0.483 e. The fraction of sp³-hybridized carbons (Fsp3) is 0.900. The predicted molar refractivity (Wildman–Crippen MR) is 111 cm³/mol. The molecule has 6 nitrogen and oxygen atoms in total. The molecule has 1 saturated heterocycles. The molecule has 0 N–H and O–H groups in total. The van der Waals surface area contributed by atoms with Crippen LogP contribution in [0.1, 0.15) is 61.8 Å². The van der Waals surface area contributed by atoms with Crippen molar-refractivity contribution in [2.24, 2.45) is 21.8 Å². The molecule has 0 aromatic carbocycles. The standard InChI is InChI=1S/C20H37BN2O4/c1-12(2)16-18(25-10)22-15(17(23-16)24-9)11-13(3)14(4)21-26-19(5,6)20(7,8)27-21/h12-16H,11H2,1-10H3/t13?,14-,15+,16-/m1/s1. The van der Waals surface area contributed by atoms with Crippen LogP contribution in [0.25, 0.3) is 0 Å².